The SMILES string of the molecule is C=C/C=C(\C=C)Nc1cc(=O)c2c(C)cc(C(=O)O)nc2n1C(/C=C\C)=C/C=C. The van der Waals surface area contributed by atoms with E-state index in [1.165, 1.54) is 12.1 Å². The largest absolute Gasteiger partial charge is 0.477 e. The molecule has 2 aromatic rings. The van der Waals surface area contributed by atoms with Gasteiger partial charge in [-0.2, -0.15) is 0 Å². The van der Waals surface area contributed by atoms with E-state index >= 15 is 0 Å². The zero-order valence-electron chi connectivity index (χ0n) is 16.5. The van der Waals surface area contributed by atoms with Crippen LogP contribution in [-0.4, -0.2) is 20.6 Å². The van der Waals surface area contributed by atoms with Crippen LogP contribution in [0.15, 0.2) is 84.9 Å². The summed E-state index contributed by atoms with van der Waals surface area (Å²) in [6.07, 6.45) is 11.8. The molecule has 6 nitrogen and oxygen atoms in total. The summed E-state index contributed by atoms with van der Waals surface area (Å²) in [5, 5.41) is 12.9. The van der Waals surface area contributed by atoms with E-state index in [1.54, 1.807) is 41.9 Å². The van der Waals surface area contributed by atoms with Crippen LogP contribution in [0.2, 0.25) is 0 Å². The van der Waals surface area contributed by atoms with Crippen LogP contribution in [0, 0.1) is 6.92 Å². The van der Waals surface area contributed by atoms with E-state index in [0.717, 1.165) is 0 Å². The quantitative estimate of drug-likeness (QED) is 0.641. The van der Waals surface area contributed by atoms with Crippen LogP contribution in [0.5, 0.6) is 0 Å². The Labute approximate surface area is 169 Å². The van der Waals surface area contributed by atoms with Crippen LogP contribution in [0.1, 0.15) is 23.0 Å². The van der Waals surface area contributed by atoms with Crippen molar-refractivity contribution in [3.05, 3.63) is 102 Å². The van der Waals surface area contributed by atoms with Crippen LogP contribution < -0.4 is 10.7 Å². The molecule has 0 bridgehead atoms. The van der Waals surface area contributed by atoms with Gasteiger partial charge in [0, 0.05) is 17.5 Å². The molecule has 0 atom stereocenters. The first kappa shape index (κ1) is 21.4. The molecule has 0 aliphatic rings. The number of carboxylic acids is 1. The summed E-state index contributed by atoms with van der Waals surface area (Å²) in [7, 11) is 0. The molecule has 2 heterocycles. The topological polar surface area (TPSA) is 84.2 Å². The fourth-order valence-electron chi connectivity index (χ4n) is 2.89. The van der Waals surface area contributed by atoms with Gasteiger partial charge < -0.3 is 10.4 Å². The summed E-state index contributed by atoms with van der Waals surface area (Å²) in [5.41, 5.74) is 1.58. The van der Waals surface area contributed by atoms with E-state index in [4.69, 9.17) is 0 Å². The molecule has 148 valence electrons. The Morgan fingerprint density at radius 2 is 1.90 bits per heavy atom. The first-order valence-corrected chi connectivity index (χ1v) is 8.86. The average molecular weight is 389 g/mol. The second kappa shape index (κ2) is 9.32. The average Bonchev–Trinajstić information content (AvgIpc) is 2.67. The fraction of sp³-hybridized carbons (Fsp3) is 0.0870. The number of carboxylic acid groups (broad SMARTS) is 1. The lowest BCUT2D eigenvalue weighted by molar-refractivity contribution is 0.0690. The Balaban J connectivity index is 3.06. The standard InChI is InChI=1S/C23H23N3O3/c1-6-10-16(9-4)24-20-14-19(27)21-15(5)13-18(23(28)29)25-22(21)26(20)17(11-7-2)12-8-3/h6-14,24H,1-2,4H2,3,5H3,(H,28,29)/b12-8-,16-10+,17-11+. The maximum atomic E-state index is 12.9. The predicted molar refractivity (Wildman–Crippen MR) is 119 cm³/mol. The molecule has 0 aliphatic carbocycles. The van der Waals surface area contributed by atoms with Gasteiger partial charge in [-0.05, 0) is 49.8 Å². The monoisotopic (exact) mass is 389 g/mol. The van der Waals surface area contributed by atoms with E-state index in [0.29, 0.717) is 28.2 Å². The van der Waals surface area contributed by atoms with Crippen LogP contribution >= 0.6 is 0 Å². The maximum Gasteiger partial charge on any atom is 0.354 e. The van der Waals surface area contributed by atoms with Gasteiger partial charge in [0.05, 0.1) is 5.39 Å². The molecule has 29 heavy (non-hydrogen) atoms. The molecule has 2 rings (SSSR count). The highest BCUT2D eigenvalue weighted by atomic mass is 16.4. The summed E-state index contributed by atoms with van der Waals surface area (Å²) in [5.74, 6) is -0.776. The summed E-state index contributed by atoms with van der Waals surface area (Å²) in [4.78, 5) is 28.7. The van der Waals surface area contributed by atoms with Crippen LogP contribution in [0.25, 0.3) is 16.7 Å². The van der Waals surface area contributed by atoms with Crippen molar-refractivity contribution in [1.82, 2.24) is 9.55 Å². The van der Waals surface area contributed by atoms with E-state index < -0.39 is 5.97 Å². The molecule has 0 fully saturated rings. The molecule has 0 unspecified atom stereocenters. The van der Waals surface area contributed by atoms with Crippen molar-refractivity contribution in [2.45, 2.75) is 13.8 Å². The first-order valence-electron chi connectivity index (χ1n) is 8.86. The molecular weight excluding hydrogens is 366 g/mol. The summed E-state index contributed by atoms with van der Waals surface area (Å²) in [6, 6.07) is 2.83. The number of anilines is 1. The first-order chi connectivity index (χ1) is 13.9. The lowest BCUT2D eigenvalue weighted by Crippen LogP contribution is -2.17. The molecule has 0 aromatic carbocycles. The minimum absolute atomic E-state index is 0.149. The Hall–Kier alpha value is -3.93. The number of carbonyl (C=O) groups is 1. The number of allylic oxidation sites excluding steroid dienone is 8. The highest BCUT2D eigenvalue weighted by molar-refractivity contribution is 5.92. The van der Waals surface area contributed by atoms with Gasteiger partial charge in [-0.15, -0.1) is 0 Å². The lowest BCUT2D eigenvalue weighted by atomic mass is 10.1. The number of hydrogen-bond donors (Lipinski definition) is 2. The summed E-state index contributed by atoms with van der Waals surface area (Å²) < 4.78 is 1.68. The van der Waals surface area contributed by atoms with Crippen molar-refractivity contribution in [1.29, 1.82) is 0 Å². The highest BCUT2D eigenvalue weighted by Gasteiger charge is 2.18. The Morgan fingerprint density at radius 1 is 1.21 bits per heavy atom. The van der Waals surface area contributed by atoms with Gasteiger partial charge in [0.25, 0.3) is 0 Å². The molecular formula is C23H23N3O3. The maximum absolute atomic E-state index is 12.9. The second-order valence-corrected chi connectivity index (χ2v) is 6.07. The second-order valence-electron chi connectivity index (χ2n) is 6.07. The van der Waals surface area contributed by atoms with E-state index in [9.17, 15) is 14.7 Å². The van der Waals surface area contributed by atoms with Crippen molar-refractivity contribution >= 4 is 28.5 Å². The lowest BCUT2D eigenvalue weighted by Gasteiger charge is -2.19. The van der Waals surface area contributed by atoms with Crippen molar-refractivity contribution in [2.24, 2.45) is 0 Å². The van der Waals surface area contributed by atoms with Crippen molar-refractivity contribution < 1.29 is 9.90 Å². The van der Waals surface area contributed by atoms with E-state index in [1.807, 2.05) is 19.1 Å². The number of hydrogen-bond acceptors (Lipinski definition) is 4. The fourth-order valence-corrected chi connectivity index (χ4v) is 2.89. The van der Waals surface area contributed by atoms with E-state index in [-0.39, 0.29) is 16.8 Å². The zero-order valence-corrected chi connectivity index (χ0v) is 16.5. The van der Waals surface area contributed by atoms with Crippen molar-refractivity contribution in [3.8, 4) is 0 Å². The molecule has 0 saturated heterocycles. The third-order valence-electron chi connectivity index (χ3n) is 4.06. The number of fused-ring (bicyclic) bond motifs is 1. The third kappa shape index (κ3) is 4.50. The van der Waals surface area contributed by atoms with Gasteiger partial charge in [-0.3, -0.25) is 9.36 Å². The third-order valence-corrected chi connectivity index (χ3v) is 4.06. The molecule has 0 spiro atoms. The highest BCUT2D eigenvalue weighted by Crippen LogP contribution is 2.25. The summed E-state index contributed by atoms with van der Waals surface area (Å²) >= 11 is 0. The Bertz CT molecular complexity index is 1150. The van der Waals surface area contributed by atoms with Gasteiger partial charge in [-0.1, -0.05) is 38.0 Å². The molecule has 6 heteroatoms. The number of nitrogens with one attached hydrogen (secondary N) is 1. The predicted octanol–water partition coefficient (Wildman–Crippen LogP) is 4.67. The van der Waals surface area contributed by atoms with Gasteiger partial charge >= 0.3 is 5.97 Å². The molecule has 0 saturated carbocycles. The zero-order chi connectivity index (χ0) is 21.6. The Morgan fingerprint density at radius 3 is 2.45 bits per heavy atom. The minimum Gasteiger partial charge on any atom is -0.477 e. The smallest absolute Gasteiger partial charge is 0.354 e. The number of nitrogens with zero attached hydrogens (tertiary/aromatic N) is 2. The number of rotatable bonds is 8. The molecule has 2 N–H and O–H groups in total. The Kier molecular flexibility index (Phi) is 6.87. The summed E-state index contributed by atoms with van der Waals surface area (Å²) in [6.45, 7) is 14.7. The van der Waals surface area contributed by atoms with Crippen molar-refractivity contribution in [2.75, 3.05) is 5.32 Å². The van der Waals surface area contributed by atoms with Gasteiger partial charge in [0.2, 0.25) is 0 Å². The minimum atomic E-state index is -1.18. The molecule has 0 aliphatic heterocycles. The molecule has 2 aromatic heterocycles. The van der Waals surface area contributed by atoms with E-state index in [2.05, 4.69) is 30.0 Å². The number of aromatic carboxylic acids is 1. The van der Waals surface area contributed by atoms with Crippen LogP contribution in [-0.2, 0) is 0 Å². The molecule has 0 radical (unpaired) electrons. The van der Waals surface area contributed by atoms with Gasteiger partial charge in [-0.25, -0.2) is 9.78 Å². The van der Waals surface area contributed by atoms with Crippen LogP contribution in [0.4, 0.5) is 5.82 Å². The van der Waals surface area contributed by atoms with Crippen molar-refractivity contribution in [3.63, 3.8) is 0 Å². The number of aryl methyl sites for hydroxylation is 1. The van der Waals surface area contributed by atoms with Gasteiger partial charge in [0.1, 0.15) is 5.82 Å². The normalized spacial score (nSPS) is 12.2. The molecule has 0 amide bonds. The number of aromatic nitrogens is 2. The van der Waals surface area contributed by atoms with Crippen LogP contribution in [0.3, 0.4) is 0 Å². The van der Waals surface area contributed by atoms with Gasteiger partial charge in [0.15, 0.2) is 16.8 Å². The number of pyridine rings is 2.